The van der Waals surface area contributed by atoms with Crippen molar-refractivity contribution in [3.63, 3.8) is 0 Å². The van der Waals surface area contributed by atoms with Crippen molar-refractivity contribution in [3.05, 3.63) is 83.4 Å². The maximum atomic E-state index is 13.3. The van der Waals surface area contributed by atoms with Crippen LogP contribution in [0.4, 0.5) is 14.5 Å². The Labute approximate surface area is 127 Å². The van der Waals surface area contributed by atoms with E-state index in [9.17, 15) is 8.78 Å². The number of nitrogen functional groups attached to an aromatic ring is 1. The number of imidazole rings is 1. The molecule has 0 aliphatic rings. The van der Waals surface area contributed by atoms with E-state index in [2.05, 4.69) is 4.98 Å². The number of hydrogen-bond donors (Lipinski definition) is 1. The Morgan fingerprint density at radius 2 is 1.77 bits per heavy atom. The minimum atomic E-state index is -0.576. The van der Waals surface area contributed by atoms with Gasteiger partial charge in [0.2, 0.25) is 0 Å². The van der Waals surface area contributed by atoms with Gasteiger partial charge in [0.1, 0.15) is 17.5 Å². The summed E-state index contributed by atoms with van der Waals surface area (Å²) < 4.78 is 28.4. The average molecular weight is 299 g/mol. The third-order valence-corrected chi connectivity index (χ3v) is 3.39. The summed E-state index contributed by atoms with van der Waals surface area (Å²) >= 11 is 0. The number of halogens is 2. The zero-order valence-corrected chi connectivity index (χ0v) is 11.8. The predicted octanol–water partition coefficient (Wildman–Crippen LogP) is 3.38. The molecule has 22 heavy (non-hydrogen) atoms. The first-order valence-corrected chi connectivity index (χ1v) is 6.89. The Morgan fingerprint density at radius 3 is 2.50 bits per heavy atom. The van der Waals surface area contributed by atoms with Crippen LogP contribution in [-0.4, -0.2) is 9.55 Å². The normalized spacial score (nSPS) is 10.8. The van der Waals surface area contributed by atoms with E-state index in [1.165, 1.54) is 12.1 Å². The van der Waals surface area contributed by atoms with Crippen LogP contribution in [0, 0.1) is 11.6 Å². The second-order valence-electron chi connectivity index (χ2n) is 5.17. The Bertz CT molecular complexity index is 776. The molecule has 3 nitrogen and oxygen atoms in total. The van der Waals surface area contributed by atoms with Gasteiger partial charge in [-0.3, -0.25) is 0 Å². The third-order valence-electron chi connectivity index (χ3n) is 3.39. The molecule has 2 aromatic carbocycles. The number of rotatable bonds is 4. The van der Waals surface area contributed by atoms with Gasteiger partial charge >= 0.3 is 0 Å². The highest BCUT2D eigenvalue weighted by Crippen LogP contribution is 2.14. The summed E-state index contributed by atoms with van der Waals surface area (Å²) in [7, 11) is 0. The van der Waals surface area contributed by atoms with Crippen molar-refractivity contribution in [2.45, 2.75) is 13.0 Å². The van der Waals surface area contributed by atoms with Gasteiger partial charge in [-0.15, -0.1) is 0 Å². The Hall–Kier alpha value is -2.69. The van der Waals surface area contributed by atoms with Crippen LogP contribution >= 0.6 is 0 Å². The Morgan fingerprint density at radius 1 is 1.00 bits per heavy atom. The zero-order valence-electron chi connectivity index (χ0n) is 11.8. The van der Waals surface area contributed by atoms with Gasteiger partial charge in [-0.2, -0.15) is 0 Å². The van der Waals surface area contributed by atoms with Crippen molar-refractivity contribution in [1.82, 2.24) is 9.55 Å². The average Bonchev–Trinajstić information content (AvgIpc) is 2.85. The smallest absolute Gasteiger partial charge is 0.126 e. The van der Waals surface area contributed by atoms with Crippen LogP contribution in [0.25, 0.3) is 0 Å². The van der Waals surface area contributed by atoms with Gasteiger partial charge in [0.15, 0.2) is 0 Å². The number of nitrogens with two attached hydrogens (primary N) is 1. The van der Waals surface area contributed by atoms with E-state index >= 15 is 0 Å². The minimum Gasteiger partial charge on any atom is -0.399 e. The van der Waals surface area contributed by atoms with E-state index in [-0.39, 0.29) is 0 Å². The maximum Gasteiger partial charge on any atom is 0.126 e. The van der Waals surface area contributed by atoms with Gasteiger partial charge in [0, 0.05) is 37.1 Å². The topological polar surface area (TPSA) is 43.8 Å². The van der Waals surface area contributed by atoms with Gasteiger partial charge in [0.05, 0.1) is 0 Å². The largest absolute Gasteiger partial charge is 0.399 e. The summed E-state index contributed by atoms with van der Waals surface area (Å²) in [6.07, 6.45) is 4.08. The van der Waals surface area contributed by atoms with Crippen LogP contribution in [0.5, 0.6) is 0 Å². The second-order valence-corrected chi connectivity index (χ2v) is 5.17. The molecule has 0 bridgehead atoms. The highest BCUT2D eigenvalue weighted by atomic mass is 19.1. The molecule has 0 unspecified atom stereocenters. The summed E-state index contributed by atoms with van der Waals surface area (Å²) in [4.78, 5) is 4.32. The molecule has 0 aliphatic heterocycles. The van der Waals surface area contributed by atoms with Crippen LogP contribution in [0.15, 0.2) is 54.9 Å². The van der Waals surface area contributed by atoms with Gasteiger partial charge in [0.25, 0.3) is 0 Å². The summed E-state index contributed by atoms with van der Waals surface area (Å²) in [5, 5.41) is 0. The zero-order chi connectivity index (χ0) is 15.5. The van der Waals surface area contributed by atoms with Crippen LogP contribution < -0.4 is 5.73 Å². The molecule has 5 heteroatoms. The number of benzene rings is 2. The molecule has 1 heterocycles. The van der Waals surface area contributed by atoms with Gasteiger partial charge in [-0.1, -0.05) is 12.1 Å². The number of anilines is 1. The molecule has 112 valence electrons. The molecule has 0 atom stereocenters. The van der Waals surface area contributed by atoms with Crippen molar-refractivity contribution in [2.75, 3.05) is 5.73 Å². The second kappa shape index (κ2) is 5.97. The number of hydrogen-bond acceptors (Lipinski definition) is 2. The van der Waals surface area contributed by atoms with Crippen molar-refractivity contribution in [1.29, 1.82) is 0 Å². The van der Waals surface area contributed by atoms with Crippen molar-refractivity contribution in [3.8, 4) is 0 Å². The summed E-state index contributed by atoms with van der Waals surface area (Å²) in [6, 6.07) is 11.1. The molecule has 3 aromatic rings. The molecule has 0 amide bonds. The van der Waals surface area contributed by atoms with Crippen LogP contribution in [0.2, 0.25) is 0 Å². The first-order valence-electron chi connectivity index (χ1n) is 6.89. The van der Waals surface area contributed by atoms with Gasteiger partial charge in [-0.25, -0.2) is 13.8 Å². The highest BCUT2D eigenvalue weighted by molar-refractivity contribution is 5.41. The van der Waals surface area contributed by atoms with Gasteiger partial charge in [-0.05, 0) is 35.4 Å². The Balaban J connectivity index is 1.83. The molecule has 0 saturated heterocycles. The molecule has 0 saturated carbocycles. The molecule has 2 N–H and O–H groups in total. The summed E-state index contributed by atoms with van der Waals surface area (Å²) in [5.41, 5.74) is 8.07. The lowest BCUT2D eigenvalue weighted by Crippen LogP contribution is -2.06. The van der Waals surface area contributed by atoms with Crippen molar-refractivity contribution in [2.24, 2.45) is 0 Å². The molecular formula is C17H15F2N3. The van der Waals surface area contributed by atoms with Crippen LogP contribution in [0.3, 0.4) is 0 Å². The first kappa shape index (κ1) is 14.3. The molecule has 0 fully saturated rings. The number of nitrogens with zero attached hydrogens (tertiary/aromatic N) is 2. The lowest BCUT2D eigenvalue weighted by Gasteiger charge is -2.09. The van der Waals surface area contributed by atoms with E-state index in [4.69, 9.17) is 5.73 Å². The maximum absolute atomic E-state index is 13.3. The molecular weight excluding hydrogens is 284 g/mol. The predicted molar refractivity (Wildman–Crippen MR) is 81.3 cm³/mol. The minimum absolute atomic E-state index is 0.367. The molecule has 3 rings (SSSR count). The van der Waals surface area contributed by atoms with Crippen molar-refractivity contribution >= 4 is 5.69 Å². The number of aromatic nitrogens is 2. The fraction of sp³-hybridized carbons (Fsp3) is 0.118. The van der Waals surface area contributed by atoms with E-state index in [1.54, 1.807) is 12.4 Å². The van der Waals surface area contributed by atoms with Crippen LogP contribution in [0.1, 0.15) is 17.0 Å². The molecule has 0 spiro atoms. The molecule has 1 aromatic heterocycles. The van der Waals surface area contributed by atoms with E-state index in [0.29, 0.717) is 24.2 Å². The summed E-state index contributed by atoms with van der Waals surface area (Å²) in [5.74, 6) is -0.338. The highest BCUT2D eigenvalue weighted by Gasteiger charge is 2.07. The monoisotopic (exact) mass is 299 g/mol. The molecule has 0 aliphatic carbocycles. The van der Waals surface area contributed by atoms with E-state index in [0.717, 1.165) is 17.5 Å². The fourth-order valence-corrected chi connectivity index (χ4v) is 2.44. The Kier molecular flexibility index (Phi) is 3.87. The third kappa shape index (κ3) is 3.31. The SMILES string of the molecule is Nc1cccc(Cc2nccn2Cc2cc(F)cc(F)c2)c1. The van der Waals surface area contributed by atoms with Crippen LogP contribution in [-0.2, 0) is 13.0 Å². The first-order chi connectivity index (χ1) is 10.6. The fourth-order valence-electron chi connectivity index (χ4n) is 2.44. The lowest BCUT2D eigenvalue weighted by atomic mass is 10.1. The quantitative estimate of drug-likeness (QED) is 0.751. The van der Waals surface area contributed by atoms with Gasteiger partial charge < -0.3 is 10.3 Å². The molecule has 0 radical (unpaired) electrons. The van der Waals surface area contributed by atoms with E-state index in [1.807, 2.05) is 28.8 Å². The summed E-state index contributed by atoms with van der Waals surface area (Å²) in [6.45, 7) is 0.367. The lowest BCUT2D eigenvalue weighted by molar-refractivity contribution is 0.576. The van der Waals surface area contributed by atoms with E-state index < -0.39 is 11.6 Å². The standard InChI is InChI=1S/C17H15F2N3/c18-14-6-13(7-15(19)10-14)11-22-5-4-21-17(22)9-12-2-1-3-16(20)8-12/h1-8,10H,9,11,20H2. The van der Waals surface area contributed by atoms with Crippen molar-refractivity contribution < 1.29 is 8.78 Å².